The Morgan fingerprint density at radius 1 is 1.04 bits per heavy atom. The second-order valence-corrected chi connectivity index (χ2v) is 7.45. The third-order valence-corrected chi connectivity index (χ3v) is 4.49. The summed E-state index contributed by atoms with van der Waals surface area (Å²) in [5.74, 6) is 0.215. The van der Waals surface area contributed by atoms with Gasteiger partial charge in [0.15, 0.2) is 12.1 Å². The van der Waals surface area contributed by atoms with Crippen LogP contribution in [-0.4, -0.2) is 25.3 Å². The first kappa shape index (κ1) is 17.1. The zero-order valence-electron chi connectivity index (χ0n) is 14.6. The van der Waals surface area contributed by atoms with Crippen LogP contribution in [0.5, 0.6) is 0 Å². The summed E-state index contributed by atoms with van der Waals surface area (Å²) >= 11 is 0. The highest BCUT2D eigenvalue weighted by atomic mass is 16.7. The van der Waals surface area contributed by atoms with E-state index in [0.717, 1.165) is 43.4 Å². The molecule has 0 aliphatic carbocycles. The Kier molecular flexibility index (Phi) is 5.32. The highest BCUT2D eigenvalue weighted by molar-refractivity contribution is 5.99. The highest BCUT2D eigenvalue weighted by Crippen LogP contribution is 2.25. The van der Waals surface area contributed by atoms with Crippen molar-refractivity contribution in [2.45, 2.75) is 45.8 Å². The summed E-state index contributed by atoms with van der Waals surface area (Å²) in [6.45, 7) is 5.78. The second kappa shape index (κ2) is 7.45. The molecule has 0 radical (unpaired) electrons. The summed E-state index contributed by atoms with van der Waals surface area (Å²) in [4.78, 5) is 12.4. The van der Waals surface area contributed by atoms with Gasteiger partial charge in [-0.25, -0.2) is 0 Å². The summed E-state index contributed by atoms with van der Waals surface area (Å²) in [7, 11) is 0. The molecule has 2 aromatic carbocycles. The normalized spacial score (nSPS) is 17.9. The summed E-state index contributed by atoms with van der Waals surface area (Å²) in [5, 5.41) is 2.29. The fraction of sp³-hybridized carbons (Fsp3) is 0.476. The van der Waals surface area contributed by atoms with Crippen molar-refractivity contribution in [3.8, 4) is 0 Å². The maximum atomic E-state index is 12.4. The van der Waals surface area contributed by atoms with Crippen LogP contribution in [0.15, 0.2) is 42.5 Å². The standard InChI is InChI=1S/C21H26O3/c1-21(2)14-23-20(24-15-21)10-6-5-9-19(22)18-12-11-16-7-3-4-8-17(16)13-18/h3-4,7-8,11-13,20H,5-6,9-10,14-15H2,1-2H3. The lowest BCUT2D eigenvalue weighted by atomic mass is 9.95. The van der Waals surface area contributed by atoms with Crippen LogP contribution in [0.3, 0.4) is 0 Å². The van der Waals surface area contributed by atoms with E-state index in [9.17, 15) is 4.79 Å². The number of carbonyl (C=O) groups excluding carboxylic acids is 1. The Morgan fingerprint density at radius 3 is 2.50 bits per heavy atom. The van der Waals surface area contributed by atoms with E-state index in [0.29, 0.717) is 6.42 Å². The van der Waals surface area contributed by atoms with Crippen LogP contribution in [0.1, 0.15) is 49.9 Å². The largest absolute Gasteiger partial charge is 0.352 e. The number of hydrogen-bond donors (Lipinski definition) is 0. The Balaban J connectivity index is 1.44. The lowest BCUT2D eigenvalue weighted by Crippen LogP contribution is -2.37. The van der Waals surface area contributed by atoms with Crippen molar-refractivity contribution in [2.75, 3.05) is 13.2 Å². The fourth-order valence-electron chi connectivity index (χ4n) is 3.00. The number of fused-ring (bicyclic) bond motifs is 1. The smallest absolute Gasteiger partial charge is 0.162 e. The van der Waals surface area contributed by atoms with Gasteiger partial charge in [0.25, 0.3) is 0 Å². The number of hydrogen-bond acceptors (Lipinski definition) is 3. The quantitative estimate of drug-likeness (QED) is 0.554. The summed E-state index contributed by atoms with van der Waals surface area (Å²) in [5.41, 5.74) is 0.920. The first-order valence-electron chi connectivity index (χ1n) is 8.79. The zero-order chi connectivity index (χ0) is 17.0. The number of Topliss-reactive ketones (excluding diaryl/α,β-unsaturated/α-hetero) is 1. The Labute approximate surface area is 144 Å². The van der Waals surface area contributed by atoms with Crippen molar-refractivity contribution in [3.63, 3.8) is 0 Å². The monoisotopic (exact) mass is 326 g/mol. The van der Waals surface area contributed by atoms with Gasteiger partial charge in [-0.05, 0) is 36.1 Å². The van der Waals surface area contributed by atoms with Crippen molar-refractivity contribution in [3.05, 3.63) is 48.0 Å². The molecule has 1 aliphatic rings. The number of carbonyl (C=O) groups is 1. The second-order valence-electron chi connectivity index (χ2n) is 7.45. The first-order chi connectivity index (χ1) is 11.5. The molecule has 0 atom stereocenters. The molecule has 3 nitrogen and oxygen atoms in total. The predicted molar refractivity (Wildman–Crippen MR) is 96.2 cm³/mol. The molecule has 1 saturated heterocycles. The Morgan fingerprint density at radius 2 is 1.75 bits per heavy atom. The molecule has 0 N–H and O–H groups in total. The van der Waals surface area contributed by atoms with Gasteiger partial charge in [-0.2, -0.15) is 0 Å². The van der Waals surface area contributed by atoms with Crippen molar-refractivity contribution >= 4 is 16.6 Å². The van der Waals surface area contributed by atoms with Gasteiger partial charge in [0, 0.05) is 17.4 Å². The van der Waals surface area contributed by atoms with Gasteiger partial charge in [0.05, 0.1) is 13.2 Å². The molecule has 0 unspecified atom stereocenters. The van der Waals surface area contributed by atoms with Crippen LogP contribution in [0.4, 0.5) is 0 Å². The zero-order valence-corrected chi connectivity index (χ0v) is 14.6. The Bertz CT molecular complexity index is 695. The molecule has 2 aromatic rings. The van der Waals surface area contributed by atoms with Crippen LogP contribution in [-0.2, 0) is 9.47 Å². The SMILES string of the molecule is CC1(C)COC(CCCCC(=O)c2ccc3ccccc3c2)OC1. The minimum Gasteiger partial charge on any atom is -0.352 e. The van der Waals surface area contributed by atoms with E-state index in [4.69, 9.17) is 9.47 Å². The summed E-state index contributed by atoms with van der Waals surface area (Å²) in [6.07, 6.45) is 3.16. The van der Waals surface area contributed by atoms with Crippen molar-refractivity contribution < 1.29 is 14.3 Å². The van der Waals surface area contributed by atoms with E-state index in [-0.39, 0.29) is 17.5 Å². The summed E-state index contributed by atoms with van der Waals surface area (Å²) in [6, 6.07) is 14.1. The number of ether oxygens (including phenoxy) is 2. The molecule has 0 aromatic heterocycles. The van der Waals surface area contributed by atoms with Crippen LogP contribution in [0, 0.1) is 5.41 Å². The van der Waals surface area contributed by atoms with Gasteiger partial charge in [-0.1, -0.05) is 50.2 Å². The lowest BCUT2D eigenvalue weighted by Gasteiger charge is -2.34. The van der Waals surface area contributed by atoms with Gasteiger partial charge in [-0.15, -0.1) is 0 Å². The van der Waals surface area contributed by atoms with Crippen molar-refractivity contribution in [2.24, 2.45) is 5.41 Å². The minimum absolute atomic E-state index is 0.103. The van der Waals surface area contributed by atoms with Gasteiger partial charge in [0.1, 0.15) is 0 Å². The first-order valence-corrected chi connectivity index (χ1v) is 8.79. The third-order valence-electron chi connectivity index (χ3n) is 4.49. The molecule has 0 bridgehead atoms. The minimum atomic E-state index is -0.103. The summed E-state index contributed by atoms with van der Waals surface area (Å²) < 4.78 is 11.5. The molecule has 24 heavy (non-hydrogen) atoms. The lowest BCUT2D eigenvalue weighted by molar-refractivity contribution is -0.224. The van der Waals surface area contributed by atoms with Gasteiger partial charge in [-0.3, -0.25) is 4.79 Å². The molecule has 0 spiro atoms. The molecule has 1 heterocycles. The maximum absolute atomic E-state index is 12.4. The van der Waals surface area contributed by atoms with E-state index >= 15 is 0 Å². The van der Waals surface area contributed by atoms with Crippen molar-refractivity contribution in [1.82, 2.24) is 0 Å². The van der Waals surface area contributed by atoms with Crippen LogP contribution in [0.25, 0.3) is 10.8 Å². The molecule has 3 rings (SSSR count). The highest BCUT2D eigenvalue weighted by Gasteiger charge is 2.27. The number of rotatable bonds is 6. The Hall–Kier alpha value is -1.71. The van der Waals surface area contributed by atoms with E-state index < -0.39 is 0 Å². The molecule has 0 saturated carbocycles. The number of ketones is 1. The van der Waals surface area contributed by atoms with Crippen LogP contribution < -0.4 is 0 Å². The van der Waals surface area contributed by atoms with Crippen LogP contribution in [0.2, 0.25) is 0 Å². The maximum Gasteiger partial charge on any atom is 0.162 e. The van der Waals surface area contributed by atoms with Gasteiger partial charge < -0.3 is 9.47 Å². The topological polar surface area (TPSA) is 35.5 Å². The average Bonchev–Trinajstić information content (AvgIpc) is 2.59. The van der Waals surface area contributed by atoms with Gasteiger partial charge >= 0.3 is 0 Å². The van der Waals surface area contributed by atoms with Crippen LogP contribution >= 0.6 is 0 Å². The third kappa shape index (κ3) is 4.43. The average molecular weight is 326 g/mol. The molecular formula is C21H26O3. The van der Waals surface area contributed by atoms with Crippen molar-refractivity contribution in [1.29, 1.82) is 0 Å². The van der Waals surface area contributed by atoms with Gasteiger partial charge in [0.2, 0.25) is 0 Å². The molecule has 3 heteroatoms. The molecule has 0 amide bonds. The molecular weight excluding hydrogens is 300 g/mol. The molecule has 1 aliphatic heterocycles. The van der Waals surface area contributed by atoms with E-state index in [2.05, 4.69) is 19.9 Å². The van der Waals surface area contributed by atoms with E-state index in [1.807, 2.05) is 36.4 Å². The van der Waals surface area contributed by atoms with E-state index in [1.165, 1.54) is 5.39 Å². The molecule has 128 valence electrons. The number of benzene rings is 2. The fourth-order valence-corrected chi connectivity index (χ4v) is 3.00. The number of unbranched alkanes of at least 4 members (excludes halogenated alkanes) is 1. The van der Waals surface area contributed by atoms with E-state index in [1.54, 1.807) is 0 Å². The molecule has 1 fully saturated rings. The predicted octanol–water partition coefficient (Wildman–Crippen LogP) is 4.98.